The van der Waals surface area contributed by atoms with E-state index in [1.54, 1.807) is 20.8 Å². The monoisotopic (exact) mass is 244 g/mol. The molecule has 0 aliphatic carbocycles. The summed E-state index contributed by atoms with van der Waals surface area (Å²) in [6, 6.07) is -1.08. The first-order valence-corrected chi connectivity index (χ1v) is 5.96. The summed E-state index contributed by atoms with van der Waals surface area (Å²) >= 11 is 0. The number of carbonyl (C=O) groups is 2. The standard InChI is InChI=1S/C12H24N2O3/c1-5-6-8(13)7-9(15)14-10(11(16)17)12(2,3)4/h8,10H,5-7,13H2,1-4H3,(H,14,15)(H,16,17)/t8?,10-/m1/s1. The van der Waals surface area contributed by atoms with Crippen molar-refractivity contribution < 1.29 is 14.7 Å². The van der Waals surface area contributed by atoms with Crippen LogP contribution in [0.5, 0.6) is 0 Å². The molecule has 1 unspecified atom stereocenters. The van der Waals surface area contributed by atoms with Crippen molar-refractivity contribution >= 4 is 11.9 Å². The molecule has 0 aromatic heterocycles. The van der Waals surface area contributed by atoms with E-state index in [2.05, 4.69) is 5.32 Å². The number of hydrogen-bond acceptors (Lipinski definition) is 3. The Labute approximate surface area is 103 Å². The molecule has 0 aliphatic rings. The van der Waals surface area contributed by atoms with Gasteiger partial charge in [-0.05, 0) is 11.8 Å². The highest BCUT2D eigenvalue weighted by molar-refractivity contribution is 5.84. The Hall–Kier alpha value is -1.10. The third-order valence-corrected chi connectivity index (χ3v) is 2.53. The first-order valence-electron chi connectivity index (χ1n) is 5.96. The summed E-state index contributed by atoms with van der Waals surface area (Å²) in [6.07, 6.45) is 1.85. The number of aliphatic carboxylic acids is 1. The molecular formula is C12H24N2O3. The van der Waals surface area contributed by atoms with Crippen molar-refractivity contribution in [3.63, 3.8) is 0 Å². The summed E-state index contributed by atoms with van der Waals surface area (Å²) < 4.78 is 0. The van der Waals surface area contributed by atoms with Crippen LogP contribution in [0, 0.1) is 5.41 Å². The summed E-state index contributed by atoms with van der Waals surface area (Å²) in [5, 5.41) is 11.6. The molecule has 5 nitrogen and oxygen atoms in total. The van der Waals surface area contributed by atoms with Crippen LogP contribution in [-0.2, 0) is 9.59 Å². The number of hydrogen-bond donors (Lipinski definition) is 3. The molecule has 0 aromatic rings. The molecule has 4 N–H and O–H groups in total. The minimum Gasteiger partial charge on any atom is -0.480 e. The van der Waals surface area contributed by atoms with Gasteiger partial charge in [0, 0.05) is 12.5 Å². The Morgan fingerprint density at radius 2 is 1.88 bits per heavy atom. The van der Waals surface area contributed by atoms with E-state index in [9.17, 15) is 9.59 Å². The van der Waals surface area contributed by atoms with Crippen LogP contribution < -0.4 is 11.1 Å². The molecular weight excluding hydrogens is 220 g/mol. The Morgan fingerprint density at radius 3 is 2.24 bits per heavy atom. The molecule has 0 aromatic carbocycles. The number of nitrogens with one attached hydrogen (secondary N) is 1. The highest BCUT2D eigenvalue weighted by Gasteiger charge is 2.32. The van der Waals surface area contributed by atoms with Crippen molar-refractivity contribution in [2.75, 3.05) is 0 Å². The van der Waals surface area contributed by atoms with Crippen LogP contribution in [0.2, 0.25) is 0 Å². The van der Waals surface area contributed by atoms with Gasteiger partial charge in [0.2, 0.25) is 5.91 Å². The van der Waals surface area contributed by atoms with Crippen LogP contribution in [0.15, 0.2) is 0 Å². The molecule has 0 heterocycles. The second-order valence-electron chi connectivity index (χ2n) is 5.46. The number of carboxylic acid groups (broad SMARTS) is 1. The zero-order chi connectivity index (χ0) is 13.6. The van der Waals surface area contributed by atoms with E-state index in [0.717, 1.165) is 12.8 Å². The fraction of sp³-hybridized carbons (Fsp3) is 0.833. The van der Waals surface area contributed by atoms with Gasteiger partial charge >= 0.3 is 5.97 Å². The van der Waals surface area contributed by atoms with Crippen molar-refractivity contribution in [1.82, 2.24) is 5.32 Å². The zero-order valence-corrected chi connectivity index (χ0v) is 11.1. The maximum absolute atomic E-state index is 11.6. The molecule has 0 rings (SSSR count). The van der Waals surface area contributed by atoms with E-state index in [1.165, 1.54) is 0 Å². The van der Waals surface area contributed by atoms with Crippen molar-refractivity contribution in [3.8, 4) is 0 Å². The third kappa shape index (κ3) is 6.26. The average molecular weight is 244 g/mol. The summed E-state index contributed by atoms with van der Waals surface area (Å²) in [4.78, 5) is 22.7. The third-order valence-electron chi connectivity index (χ3n) is 2.53. The summed E-state index contributed by atoms with van der Waals surface area (Å²) in [5.41, 5.74) is 5.22. The van der Waals surface area contributed by atoms with E-state index in [1.807, 2.05) is 6.92 Å². The van der Waals surface area contributed by atoms with Crippen molar-refractivity contribution in [2.45, 2.75) is 59.0 Å². The molecule has 100 valence electrons. The lowest BCUT2D eigenvalue weighted by Crippen LogP contribution is -2.50. The van der Waals surface area contributed by atoms with E-state index in [4.69, 9.17) is 10.8 Å². The van der Waals surface area contributed by atoms with Gasteiger partial charge in [-0.1, -0.05) is 34.1 Å². The highest BCUT2D eigenvalue weighted by atomic mass is 16.4. The summed E-state index contributed by atoms with van der Waals surface area (Å²) in [7, 11) is 0. The minimum absolute atomic E-state index is 0.174. The fourth-order valence-corrected chi connectivity index (χ4v) is 1.58. The molecule has 0 saturated carbocycles. The zero-order valence-electron chi connectivity index (χ0n) is 11.1. The van der Waals surface area contributed by atoms with Crippen molar-refractivity contribution in [3.05, 3.63) is 0 Å². The number of carbonyl (C=O) groups excluding carboxylic acids is 1. The Kier molecular flexibility index (Phi) is 6.16. The molecule has 0 bridgehead atoms. The summed E-state index contributed by atoms with van der Waals surface area (Å²) in [5.74, 6) is -1.32. The minimum atomic E-state index is -1.02. The molecule has 0 saturated heterocycles. The molecule has 1 amide bonds. The van der Waals surface area contributed by atoms with Gasteiger partial charge in [-0.2, -0.15) is 0 Å². The van der Waals surface area contributed by atoms with Gasteiger partial charge in [-0.3, -0.25) is 4.79 Å². The molecule has 17 heavy (non-hydrogen) atoms. The van der Waals surface area contributed by atoms with Crippen LogP contribution in [0.4, 0.5) is 0 Å². The van der Waals surface area contributed by atoms with Gasteiger partial charge in [-0.25, -0.2) is 4.79 Å². The first kappa shape index (κ1) is 15.9. The van der Waals surface area contributed by atoms with Gasteiger partial charge in [0.1, 0.15) is 6.04 Å². The molecule has 0 fully saturated rings. The highest BCUT2D eigenvalue weighted by Crippen LogP contribution is 2.19. The molecule has 0 radical (unpaired) electrons. The van der Waals surface area contributed by atoms with Gasteiger partial charge in [-0.15, -0.1) is 0 Å². The first-order chi connectivity index (χ1) is 7.68. The summed E-state index contributed by atoms with van der Waals surface area (Å²) in [6.45, 7) is 7.32. The van der Waals surface area contributed by atoms with Crippen molar-refractivity contribution in [1.29, 1.82) is 0 Å². The Bertz CT molecular complexity index is 271. The van der Waals surface area contributed by atoms with Crippen molar-refractivity contribution in [2.24, 2.45) is 11.1 Å². The van der Waals surface area contributed by atoms with Gasteiger partial charge < -0.3 is 16.2 Å². The number of amides is 1. The normalized spacial score (nSPS) is 15.1. The fourth-order valence-electron chi connectivity index (χ4n) is 1.58. The predicted octanol–water partition coefficient (Wildman–Crippen LogP) is 1.12. The topological polar surface area (TPSA) is 92.4 Å². The van der Waals surface area contributed by atoms with E-state index in [0.29, 0.717) is 0 Å². The van der Waals surface area contributed by atoms with Crippen LogP contribution in [0.1, 0.15) is 47.0 Å². The molecule has 0 aliphatic heterocycles. The van der Waals surface area contributed by atoms with Gasteiger partial charge in [0.25, 0.3) is 0 Å². The molecule has 0 spiro atoms. The SMILES string of the molecule is CCCC(N)CC(=O)N[C@H](C(=O)O)C(C)(C)C. The second-order valence-corrected chi connectivity index (χ2v) is 5.46. The quantitative estimate of drug-likeness (QED) is 0.652. The van der Waals surface area contributed by atoms with Crippen LogP contribution in [0.25, 0.3) is 0 Å². The lowest BCUT2D eigenvalue weighted by Gasteiger charge is -2.28. The predicted molar refractivity (Wildman–Crippen MR) is 66.5 cm³/mol. The van der Waals surface area contributed by atoms with Crippen LogP contribution in [0.3, 0.4) is 0 Å². The second kappa shape index (κ2) is 6.59. The van der Waals surface area contributed by atoms with Gasteiger partial charge in [0.05, 0.1) is 0 Å². The molecule has 2 atom stereocenters. The van der Waals surface area contributed by atoms with Crippen LogP contribution in [-0.4, -0.2) is 29.1 Å². The molecule has 5 heteroatoms. The lowest BCUT2D eigenvalue weighted by atomic mass is 9.86. The Morgan fingerprint density at radius 1 is 1.35 bits per heavy atom. The van der Waals surface area contributed by atoms with E-state index in [-0.39, 0.29) is 18.4 Å². The lowest BCUT2D eigenvalue weighted by molar-refractivity contribution is -0.145. The maximum atomic E-state index is 11.6. The smallest absolute Gasteiger partial charge is 0.326 e. The van der Waals surface area contributed by atoms with Gasteiger partial charge in [0.15, 0.2) is 0 Å². The number of rotatable bonds is 6. The van der Waals surface area contributed by atoms with E-state index >= 15 is 0 Å². The maximum Gasteiger partial charge on any atom is 0.326 e. The number of nitrogens with two attached hydrogens (primary N) is 1. The van der Waals surface area contributed by atoms with E-state index < -0.39 is 17.4 Å². The van der Waals surface area contributed by atoms with Crippen LogP contribution >= 0.6 is 0 Å². The average Bonchev–Trinajstić information content (AvgIpc) is 2.12. The largest absolute Gasteiger partial charge is 0.480 e. The Balaban J connectivity index is 4.38. The number of carboxylic acids is 1.